The third-order valence-corrected chi connectivity index (χ3v) is 5.44. The highest BCUT2D eigenvalue weighted by Crippen LogP contribution is 2.44. The minimum absolute atomic E-state index is 0.0727. The monoisotopic (exact) mass is 462 g/mol. The molecule has 0 heterocycles. The lowest BCUT2D eigenvalue weighted by Gasteiger charge is -2.32. The van der Waals surface area contributed by atoms with Gasteiger partial charge in [0.25, 0.3) is 0 Å². The van der Waals surface area contributed by atoms with Crippen LogP contribution in [0.4, 0.5) is 8.78 Å². The van der Waals surface area contributed by atoms with E-state index in [9.17, 15) is 4.39 Å². The predicted molar refractivity (Wildman–Crippen MR) is 112 cm³/mol. The first-order valence-electron chi connectivity index (χ1n) is 8.97. The molecule has 0 aromatic heterocycles. The lowest BCUT2D eigenvalue weighted by molar-refractivity contribution is -0.199. The summed E-state index contributed by atoms with van der Waals surface area (Å²) in [6.45, 7) is 0.171. The second-order valence-corrected chi connectivity index (χ2v) is 6.92. The van der Waals surface area contributed by atoms with Crippen LogP contribution in [-0.2, 0) is 21.9 Å². The minimum atomic E-state index is -1.57. The normalized spacial score (nSPS) is 11.5. The van der Waals surface area contributed by atoms with E-state index in [2.05, 4.69) is 15.9 Å². The molecule has 29 heavy (non-hydrogen) atoms. The van der Waals surface area contributed by atoms with Crippen molar-refractivity contribution >= 4 is 15.9 Å². The number of methoxy groups -OCH3 is 2. The van der Waals surface area contributed by atoms with Crippen molar-refractivity contribution in [3.63, 3.8) is 0 Å². The molecule has 0 fully saturated rings. The summed E-state index contributed by atoms with van der Waals surface area (Å²) >= 11 is 3.31. The van der Waals surface area contributed by atoms with Gasteiger partial charge in [-0.2, -0.15) is 0 Å². The van der Waals surface area contributed by atoms with E-state index < -0.39 is 17.4 Å². The maximum atomic E-state index is 15.1. The Morgan fingerprint density at radius 2 is 1.48 bits per heavy atom. The Balaban J connectivity index is 2.23. The number of benzene rings is 3. The average Bonchev–Trinajstić information content (AvgIpc) is 2.78. The fourth-order valence-electron chi connectivity index (χ4n) is 3.12. The van der Waals surface area contributed by atoms with Crippen LogP contribution in [0.1, 0.15) is 11.1 Å². The molecule has 0 saturated carbocycles. The van der Waals surface area contributed by atoms with Crippen molar-refractivity contribution in [1.82, 2.24) is 0 Å². The van der Waals surface area contributed by atoms with Crippen molar-refractivity contribution in [1.29, 1.82) is 0 Å². The van der Waals surface area contributed by atoms with E-state index in [0.29, 0.717) is 11.1 Å². The van der Waals surface area contributed by atoms with Crippen molar-refractivity contribution in [3.05, 3.63) is 89.5 Å². The number of ether oxygens (including phenoxy) is 3. The SMILES string of the molecule is COC(CBr)(OC)c1c(F)c(F)cc(-c2ccccc2)c1OCc1ccccc1. The highest BCUT2D eigenvalue weighted by Gasteiger charge is 2.40. The van der Waals surface area contributed by atoms with E-state index in [-0.39, 0.29) is 23.2 Å². The van der Waals surface area contributed by atoms with E-state index in [1.165, 1.54) is 14.2 Å². The van der Waals surface area contributed by atoms with Gasteiger partial charge in [-0.15, -0.1) is 0 Å². The molecule has 0 saturated heterocycles. The zero-order chi connectivity index (χ0) is 20.9. The van der Waals surface area contributed by atoms with E-state index >= 15 is 4.39 Å². The van der Waals surface area contributed by atoms with Crippen LogP contribution in [0.3, 0.4) is 0 Å². The highest BCUT2D eigenvalue weighted by molar-refractivity contribution is 9.09. The molecule has 0 atom stereocenters. The van der Waals surface area contributed by atoms with Crippen LogP contribution in [-0.4, -0.2) is 19.5 Å². The highest BCUT2D eigenvalue weighted by atomic mass is 79.9. The Bertz CT molecular complexity index is 937. The summed E-state index contributed by atoms with van der Waals surface area (Å²) in [5.41, 5.74) is 1.86. The molecule has 0 spiro atoms. The second kappa shape index (κ2) is 9.48. The standard InChI is InChI=1S/C23H21BrF2O3/c1-27-23(15-24,28-2)20-21(26)19(25)13-18(17-11-7-4-8-12-17)22(20)29-14-16-9-5-3-6-10-16/h3-13H,14-15H2,1-2H3. The molecule has 0 unspecified atom stereocenters. The first-order valence-corrected chi connectivity index (χ1v) is 10.1. The molecule has 0 amide bonds. The van der Waals surface area contributed by atoms with Crippen molar-refractivity contribution in [2.24, 2.45) is 0 Å². The van der Waals surface area contributed by atoms with Gasteiger partial charge >= 0.3 is 0 Å². The zero-order valence-corrected chi connectivity index (χ0v) is 17.7. The molecule has 0 aliphatic rings. The maximum absolute atomic E-state index is 15.1. The number of rotatable bonds is 8. The fourth-order valence-corrected chi connectivity index (χ4v) is 3.86. The van der Waals surface area contributed by atoms with Gasteiger partial charge in [-0.25, -0.2) is 8.78 Å². The summed E-state index contributed by atoms with van der Waals surface area (Å²) in [5.74, 6) is -3.48. The quantitative estimate of drug-likeness (QED) is 0.301. The molecule has 3 aromatic rings. The molecule has 0 bridgehead atoms. The summed E-state index contributed by atoms with van der Waals surface area (Å²) < 4.78 is 46.8. The third kappa shape index (κ3) is 4.34. The van der Waals surface area contributed by atoms with Crippen LogP contribution in [0.5, 0.6) is 5.75 Å². The zero-order valence-electron chi connectivity index (χ0n) is 16.1. The Kier molecular flexibility index (Phi) is 7.00. The first kappa shape index (κ1) is 21.4. The van der Waals surface area contributed by atoms with Gasteiger partial charge in [0.05, 0.1) is 10.9 Å². The van der Waals surface area contributed by atoms with Crippen molar-refractivity contribution < 1.29 is 23.0 Å². The number of alkyl halides is 1. The van der Waals surface area contributed by atoms with Crippen molar-refractivity contribution in [2.45, 2.75) is 12.4 Å². The Labute approximate surface area is 177 Å². The molecule has 3 nitrogen and oxygen atoms in total. The summed E-state index contributed by atoms with van der Waals surface area (Å²) in [6, 6.07) is 19.7. The van der Waals surface area contributed by atoms with Gasteiger partial charge in [0.1, 0.15) is 12.4 Å². The smallest absolute Gasteiger partial charge is 0.210 e. The molecule has 3 rings (SSSR count). The van der Waals surface area contributed by atoms with Gasteiger partial charge in [0.15, 0.2) is 11.6 Å². The predicted octanol–water partition coefficient (Wildman–Crippen LogP) is 6.05. The molecule has 0 N–H and O–H groups in total. The number of hydrogen-bond acceptors (Lipinski definition) is 3. The van der Waals surface area contributed by atoms with Crippen LogP contribution >= 0.6 is 15.9 Å². The molecule has 6 heteroatoms. The number of hydrogen-bond donors (Lipinski definition) is 0. The minimum Gasteiger partial charge on any atom is -0.488 e. The van der Waals surface area contributed by atoms with E-state index in [1.54, 1.807) is 12.1 Å². The van der Waals surface area contributed by atoms with Gasteiger partial charge < -0.3 is 14.2 Å². The lowest BCUT2D eigenvalue weighted by atomic mass is 9.96. The molecule has 0 aliphatic heterocycles. The maximum Gasteiger partial charge on any atom is 0.210 e. The van der Waals surface area contributed by atoms with Crippen molar-refractivity contribution in [3.8, 4) is 16.9 Å². The Hall–Kier alpha value is -2.28. The van der Waals surface area contributed by atoms with Crippen LogP contribution in [0, 0.1) is 11.6 Å². The van der Waals surface area contributed by atoms with Gasteiger partial charge in [-0.3, -0.25) is 0 Å². The van der Waals surface area contributed by atoms with E-state index in [1.807, 2.05) is 48.5 Å². The summed E-state index contributed by atoms with van der Waals surface area (Å²) in [5, 5.41) is 0.0727. The Morgan fingerprint density at radius 3 is 2.03 bits per heavy atom. The fraction of sp³-hybridized carbons (Fsp3) is 0.217. The van der Waals surface area contributed by atoms with Crippen LogP contribution < -0.4 is 4.74 Å². The number of halogens is 3. The Morgan fingerprint density at radius 1 is 0.897 bits per heavy atom. The van der Waals surface area contributed by atoms with Crippen LogP contribution in [0.25, 0.3) is 11.1 Å². The van der Waals surface area contributed by atoms with Crippen molar-refractivity contribution in [2.75, 3.05) is 19.5 Å². The van der Waals surface area contributed by atoms with Gasteiger partial charge in [-0.1, -0.05) is 76.6 Å². The van der Waals surface area contributed by atoms with E-state index in [4.69, 9.17) is 14.2 Å². The second-order valence-electron chi connectivity index (χ2n) is 6.36. The average molecular weight is 463 g/mol. The molecular formula is C23H21BrF2O3. The molecule has 0 aliphatic carbocycles. The molecule has 0 radical (unpaired) electrons. The van der Waals surface area contributed by atoms with Gasteiger partial charge in [-0.05, 0) is 17.2 Å². The summed E-state index contributed by atoms with van der Waals surface area (Å²) in [6.07, 6.45) is 0. The molecule has 3 aromatic carbocycles. The molecular weight excluding hydrogens is 442 g/mol. The topological polar surface area (TPSA) is 27.7 Å². The summed E-state index contributed by atoms with van der Waals surface area (Å²) in [4.78, 5) is 0. The van der Waals surface area contributed by atoms with E-state index in [0.717, 1.165) is 11.6 Å². The first-order chi connectivity index (χ1) is 14.1. The summed E-state index contributed by atoms with van der Waals surface area (Å²) in [7, 11) is 2.75. The van der Waals surface area contributed by atoms with Crippen LogP contribution in [0.15, 0.2) is 66.7 Å². The largest absolute Gasteiger partial charge is 0.488 e. The lowest BCUT2D eigenvalue weighted by Crippen LogP contribution is -2.35. The third-order valence-electron chi connectivity index (χ3n) is 4.70. The van der Waals surface area contributed by atoms with Crippen LogP contribution in [0.2, 0.25) is 0 Å². The molecule has 152 valence electrons. The van der Waals surface area contributed by atoms with Gasteiger partial charge in [0, 0.05) is 19.8 Å². The van der Waals surface area contributed by atoms with Gasteiger partial charge in [0.2, 0.25) is 5.79 Å².